The van der Waals surface area contributed by atoms with Crippen molar-refractivity contribution in [2.45, 2.75) is 38.5 Å². The molecule has 0 fully saturated rings. The van der Waals surface area contributed by atoms with Crippen molar-refractivity contribution < 1.29 is 4.42 Å². The fraction of sp³-hybridized carbons (Fsp3) is 0.0438. The molecule has 26 aromatic rings. The lowest BCUT2D eigenvalue weighted by Crippen LogP contribution is -2.15. The van der Waals surface area contributed by atoms with Gasteiger partial charge in [-0.15, -0.1) is 0 Å². The lowest BCUT2D eigenvalue weighted by atomic mass is 9.81. The SMILES string of the molecule is CC1(C)c2ccccc2-c2c1cc1ccccc1c2-c1nc(-c2cccc(-c3ccccc3)c2)nc(-c2cccc(-c3ccccc3)c2)n1.CC1(C)c2ccccc2-c2c1cc1ccccc1c2-c1nc(-c2cccc(-c3ccccc3)c2)nc(-c2cccc(-c3ccccc3)c2)n1.c1ccc2cc(-c3nc(-c4ccc5ccccc5c4)nc(-c4cccc5c(-c6ccc7oc8ccccc8c7c6)cccc45)n3)ccc2c1. The molecule has 22 aromatic carbocycles. The van der Waals surface area contributed by atoms with E-state index in [4.69, 9.17) is 49.3 Å². The van der Waals surface area contributed by atoms with E-state index in [-0.39, 0.29) is 10.8 Å². The van der Waals surface area contributed by atoms with Crippen LogP contribution in [-0.4, -0.2) is 44.9 Å². The Bertz CT molecular complexity index is 9040. The maximum atomic E-state index is 6.13. The largest absolute Gasteiger partial charge is 0.456 e. The van der Waals surface area contributed by atoms with Crippen molar-refractivity contribution >= 4 is 75.8 Å². The van der Waals surface area contributed by atoms with E-state index in [1.54, 1.807) is 0 Å². The first-order chi connectivity index (χ1) is 72.3. The minimum Gasteiger partial charge on any atom is -0.456 e. The van der Waals surface area contributed by atoms with Crippen LogP contribution in [0.3, 0.4) is 0 Å². The molecule has 0 N–H and O–H groups in total. The second kappa shape index (κ2) is 36.8. The third-order valence-corrected chi connectivity index (χ3v) is 29.3. The van der Waals surface area contributed by atoms with Crippen LogP contribution in [-0.2, 0) is 10.8 Å². The predicted octanol–water partition coefficient (Wildman–Crippen LogP) is 35.2. The van der Waals surface area contributed by atoms with Gasteiger partial charge in [0.2, 0.25) is 0 Å². The maximum absolute atomic E-state index is 6.13. The zero-order chi connectivity index (χ0) is 98.2. The summed E-state index contributed by atoms with van der Waals surface area (Å²) in [5, 5.41) is 13.7. The van der Waals surface area contributed by atoms with Crippen molar-refractivity contribution in [3.63, 3.8) is 0 Å². The molecule has 4 aromatic heterocycles. The number of aromatic nitrogens is 9. The summed E-state index contributed by atoms with van der Waals surface area (Å²) in [6.45, 7) is 9.30. The van der Waals surface area contributed by atoms with Gasteiger partial charge in [-0.2, -0.15) is 0 Å². The van der Waals surface area contributed by atoms with E-state index in [9.17, 15) is 0 Å². The molecule has 10 nitrogen and oxygen atoms in total. The number of furan rings is 1. The molecule has 0 radical (unpaired) electrons. The molecule has 0 bridgehead atoms. The van der Waals surface area contributed by atoms with Crippen molar-refractivity contribution in [2.75, 3.05) is 0 Å². The Kier molecular flexibility index (Phi) is 22.1. The van der Waals surface area contributed by atoms with Gasteiger partial charge in [-0.25, -0.2) is 44.9 Å². The standard InChI is InChI=1S/2C46H33N3.C45H27N3O/c2*1-46(2)39-26-12-11-25-38(39)41-40(46)29-34-19-9-10-24-37(34)42(41)45-48-43(35-22-13-20-32(27-35)30-15-5-3-6-16-30)47-44(49-45)36-23-14-21-33(28-36)31-17-7-4-8-18-31;1-3-11-30-25-33(21-19-28(30)9-1)43-46-44(34-22-20-29-10-2-4-12-31(29)26-34)48-45(47-43)39-17-8-15-36-35(14-7-16-37(36)39)32-23-24-42-40(27-32)38-13-5-6-18-41(38)49-42/h2*3-29H,1-2H3;1-27H. The molecule has 10 heteroatoms. The average molecular weight is 1880 g/mol. The summed E-state index contributed by atoms with van der Waals surface area (Å²) in [7, 11) is 0. The summed E-state index contributed by atoms with van der Waals surface area (Å²) < 4.78 is 6.13. The molecule has 0 spiro atoms. The number of para-hydroxylation sites is 1. The highest BCUT2D eigenvalue weighted by molar-refractivity contribution is 6.12. The zero-order valence-corrected chi connectivity index (χ0v) is 81.2. The van der Waals surface area contributed by atoms with Gasteiger partial charge in [-0.1, -0.05) is 452 Å². The summed E-state index contributed by atoms with van der Waals surface area (Å²) in [5.74, 6) is 5.87. The summed E-state index contributed by atoms with van der Waals surface area (Å²) in [6.07, 6.45) is 0. The minimum atomic E-state index is -0.169. The van der Waals surface area contributed by atoms with Crippen molar-refractivity contribution in [2.24, 2.45) is 0 Å². The van der Waals surface area contributed by atoms with Crippen molar-refractivity contribution in [1.82, 2.24) is 44.9 Å². The van der Waals surface area contributed by atoms with Gasteiger partial charge in [0.25, 0.3) is 0 Å². The zero-order valence-electron chi connectivity index (χ0n) is 81.2. The first kappa shape index (κ1) is 88.2. The molecule has 0 aliphatic heterocycles. The van der Waals surface area contributed by atoms with Gasteiger partial charge >= 0.3 is 0 Å². The molecule has 0 unspecified atom stereocenters. The van der Waals surface area contributed by atoms with E-state index < -0.39 is 0 Å². The summed E-state index contributed by atoms with van der Waals surface area (Å²) in [4.78, 5) is 47.1. The Balaban J connectivity index is 0.000000112. The van der Waals surface area contributed by atoms with E-state index in [1.807, 2.05) is 36.4 Å². The van der Waals surface area contributed by atoms with Gasteiger partial charge < -0.3 is 4.42 Å². The average Bonchev–Trinajstić information content (AvgIpc) is 1.56. The molecule has 147 heavy (non-hydrogen) atoms. The van der Waals surface area contributed by atoms with Gasteiger partial charge in [-0.05, 0) is 221 Å². The molecule has 0 saturated carbocycles. The van der Waals surface area contributed by atoms with Crippen LogP contribution in [0, 0.1) is 0 Å². The fourth-order valence-corrected chi connectivity index (χ4v) is 21.9. The van der Waals surface area contributed by atoms with E-state index in [1.165, 1.54) is 66.1 Å². The van der Waals surface area contributed by atoms with E-state index in [0.717, 1.165) is 160 Å². The third-order valence-electron chi connectivity index (χ3n) is 29.3. The first-order valence-electron chi connectivity index (χ1n) is 50.0. The highest BCUT2D eigenvalue weighted by Crippen LogP contribution is 2.57. The van der Waals surface area contributed by atoms with Crippen LogP contribution in [0.15, 0.2) is 496 Å². The Morgan fingerprint density at radius 1 is 0.143 bits per heavy atom. The van der Waals surface area contributed by atoms with E-state index in [0.29, 0.717) is 52.4 Å². The van der Waals surface area contributed by atoms with Crippen LogP contribution < -0.4 is 0 Å². The lowest BCUT2D eigenvalue weighted by molar-refractivity contribution is 0.661. The number of fused-ring (bicyclic) bond motifs is 14. The quantitative estimate of drug-likeness (QED) is 0.104. The second-order valence-corrected chi connectivity index (χ2v) is 39.0. The molecule has 2 aliphatic rings. The Hall–Kier alpha value is -19.0. The van der Waals surface area contributed by atoms with Crippen LogP contribution in [0.4, 0.5) is 0 Å². The van der Waals surface area contributed by atoms with Gasteiger partial charge in [0.1, 0.15) is 11.2 Å². The molecule has 28 rings (SSSR count). The molecule has 2 aliphatic carbocycles. The number of hydrogen-bond acceptors (Lipinski definition) is 10. The summed E-state index contributed by atoms with van der Waals surface area (Å²) in [5.41, 5.74) is 31.7. The summed E-state index contributed by atoms with van der Waals surface area (Å²) >= 11 is 0. The molecule has 0 atom stereocenters. The summed E-state index contributed by atoms with van der Waals surface area (Å²) in [6, 6.07) is 173. The Labute approximate surface area is 851 Å². The monoisotopic (exact) mass is 1880 g/mol. The predicted molar refractivity (Wildman–Crippen MR) is 606 cm³/mol. The molecule has 0 saturated heterocycles. The minimum absolute atomic E-state index is 0.169. The van der Waals surface area contributed by atoms with Crippen LogP contribution in [0.1, 0.15) is 49.9 Å². The van der Waals surface area contributed by atoms with Crippen LogP contribution >= 0.6 is 0 Å². The van der Waals surface area contributed by atoms with E-state index in [2.05, 4.69) is 483 Å². The Morgan fingerprint density at radius 2 is 0.422 bits per heavy atom. The van der Waals surface area contributed by atoms with Crippen molar-refractivity contribution in [1.29, 1.82) is 0 Å². The third kappa shape index (κ3) is 16.3. The molecular weight excluding hydrogens is 1790 g/mol. The fourth-order valence-electron chi connectivity index (χ4n) is 21.9. The van der Waals surface area contributed by atoms with Gasteiger partial charge in [0.15, 0.2) is 52.4 Å². The normalized spacial score (nSPS) is 12.5. The van der Waals surface area contributed by atoms with Gasteiger partial charge in [0.05, 0.1) is 0 Å². The number of rotatable bonds is 14. The van der Waals surface area contributed by atoms with Crippen LogP contribution in [0.2, 0.25) is 0 Å². The van der Waals surface area contributed by atoms with Crippen LogP contribution in [0.25, 0.3) is 256 Å². The number of benzene rings is 22. The smallest absolute Gasteiger partial charge is 0.165 e. The van der Waals surface area contributed by atoms with Crippen LogP contribution in [0.5, 0.6) is 0 Å². The molecule has 4 heterocycles. The highest BCUT2D eigenvalue weighted by Gasteiger charge is 2.41. The highest BCUT2D eigenvalue weighted by atomic mass is 16.3. The Morgan fingerprint density at radius 3 is 0.837 bits per heavy atom. The maximum Gasteiger partial charge on any atom is 0.165 e. The molecule has 0 amide bonds. The first-order valence-corrected chi connectivity index (χ1v) is 50.0. The topological polar surface area (TPSA) is 129 Å². The molecule has 692 valence electrons. The van der Waals surface area contributed by atoms with Gasteiger partial charge in [0, 0.05) is 71.7 Å². The van der Waals surface area contributed by atoms with E-state index >= 15 is 0 Å². The number of nitrogens with zero attached hydrogens (tertiary/aromatic N) is 9. The number of hydrogen-bond donors (Lipinski definition) is 0. The lowest BCUT2D eigenvalue weighted by Gasteiger charge is -2.22. The van der Waals surface area contributed by atoms with Crippen molar-refractivity contribution in [3.05, 3.63) is 514 Å². The van der Waals surface area contributed by atoms with Crippen molar-refractivity contribution in [3.8, 4) is 180 Å². The molecular formula is C137H93N9O. The second-order valence-electron chi connectivity index (χ2n) is 39.0. The van der Waals surface area contributed by atoms with Gasteiger partial charge in [-0.3, -0.25) is 0 Å².